The molecule has 0 bridgehead atoms. The quantitative estimate of drug-likeness (QED) is 0.406. The van der Waals surface area contributed by atoms with Crippen molar-refractivity contribution in [1.82, 2.24) is 4.98 Å². The summed E-state index contributed by atoms with van der Waals surface area (Å²) in [5, 5.41) is 5.22. The van der Waals surface area contributed by atoms with E-state index in [1.54, 1.807) is 0 Å². The standard InChI is InChI=1S/C22H17N/c1-22(2)18-9-5-7-15-12-13-23-21(19(15)18)17-11-10-14-6-3-4-8-16(14)20(17)22/h3-13H,1-2H3. The van der Waals surface area contributed by atoms with Crippen LogP contribution in [0.2, 0.25) is 0 Å². The van der Waals surface area contributed by atoms with Gasteiger partial charge in [-0.15, -0.1) is 0 Å². The van der Waals surface area contributed by atoms with Crippen molar-refractivity contribution in [3.63, 3.8) is 0 Å². The first-order valence-corrected chi connectivity index (χ1v) is 8.09. The molecule has 4 aromatic rings. The van der Waals surface area contributed by atoms with Gasteiger partial charge in [0.05, 0.1) is 5.69 Å². The SMILES string of the molecule is CC1(C)c2c(ccc3ccccc23)-c2nccc3cccc1c23. The Labute approximate surface area is 135 Å². The number of fused-ring (bicyclic) bond motifs is 4. The van der Waals surface area contributed by atoms with Gasteiger partial charge in [-0.05, 0) is 33.4 Å². The van der Waals surface area contributed by atoms with Crippen molar-refractivity contribution < 1.29 is 0 Å². The molecule has 0 unspecified atom stereocenters. The number of hydrogen-bond donors (Lipinski definition) is 0. The molecule has 0 fully saturated rings. The molecule has 3 aromatic carbocycles. The average Bonchev–Trinajstić information content (AvgIpc) is 2.59. The summed E-state index contributed by atoms with van der Waals surface area (Å²) in [6.45, 7) is 4.67. The smallest absolute Gasteiger partial charge is 0.0786 e. The highest BCUT2D eigenvalue weighted by Gasteiger charge is 2.35. The lowest BCUT2D eigenvalue weighted by atomic mass is 9.68. The Hall–Kier alpha value is -2.67. The van der Waals surface area contributed by atoms with Crippen LogP contribution in [0, 0.1) is 0 Å². The third-order valence-corrected chi connectivity index (χ3v) is 5.27. The van der Waals surface area contributed by atoms with Crippen LogP contribution in [0.3, 0.4) is 0 Å². The zero-order valence-corrected chi connectivity index (χ0v) is 13.3. The van der Waals surface area contributed by atoms with Crippen molar-refractivity contribution >= 4 is 21.5 Å². The molecule has 1 aromatic heterocycles. The average molecular weight is 295 g/mol. The fourth-order valence-electron chi connectivity index (χ4n) is 4.23. The Kier molecular flexibility index (Phi) is 2.34. The summed E-state index contributed by atoms with van der Waals surface area (Å²) in [5.74, 6) is 0. The minimum Gasteiger partial charge on any atom is -0.256 e. The van der Waals surface area contributed by atoms with E-state index in [2.05, 4.69) is 74.5 Å². The summed E-state index contributed by atoms with van der Waals surface area (Å²) in [4.78, 5) is 4.75. The second kappa shape index (κ2) is 4.20. The lowest BCUT2D eigenvalue weighted by molar-refractivity contribution is 0.650. The van der Waals surface area contributed by atoms with Crippen LogP contribution in [0.1, 0.15) is 25.0 Å². The number of aromatic nitrogens is 1. The zero-order chi connectivity index (χ0) is 15.6. The molecule has 0 atom stereocenters. The summed E-state index contributed by atoms with van der Waals surface area (Å²) >= 11 is 0. The van der Waals surface area contributed by atoms with Crippen molar-refractivity contribution in [3.05, 3.63) is 78.0 Å². The molecule has 0 amide bonds. The Balaban J connectivity index is 2.07. The van der Waals surface area contributed by atoms with Gasteiger partial charge in [0, 0.05) is 22.6 Å². The van der Waals surface area contributed by atoms with Crippen LogP contribution in [0.4, 0.5) is 0 Å². The molecule has 0 radical (unpaired) electrons. The fourth-order valence-corrected chi connectivity index (χ4v) is 4.23. The van der Waals surface area contributed by atoms with E-state index < -0.39 is 0 Å². The molecule has 1 heterocycles. The maximum atomic E-state index is 4.75. The minimum absolute atomic E-state index is 0.0360. The molecule has 23 heavy (non-hydrogen) atoms. The molecular formula is C22H17N. The van der Waals surface area contributed by atoms with E-state index in [-0.39, 0.29) is 5.41 Å². The molecule has 1 aliphatic rings. The second-order valence-electron chi connectivity index (χ2n) is 6.90. The van der Waals surface area contributed by atoms with Crippen molar-refractivity contribution in [1.29, 1.82) is 0 Å². The summed E-state index contributed by atoms with van der Waals surface area (Å²) in [5.41, 5.74) is 5.14. The van der Waals surface area contributed by atoms with Gasteiger partial charge in [-0.1, -0.05) is 68.4 Å². The molecule has 5 rings (SSSR count). The molecule has 0 N–H and O–H groups in total. The molecule has 0 spiro atoms. The Bertz CT molecular complexity index is 1080. The predicted octanol–water partition coefficient (Wildman–Crippen LogP) is 5.69. The number of nitrogens with zero attached hydrogens (tertiary/aromatic N) is 1. The van der Waals surface area contributed by atoms with Crippen molar-refractivity contribution in [2.45, 2.75) is 19.3 Å². The van der Waals surface area contributed by atoms with Crippen LogP contribution < -0.4 is 0 Å². The molecule has 0 saturated carbocycles. The second-order valence-corrected chi connectivity index (χ2v) is 6.90. The zero-order valence-electron chi connectivity index (χ0n) is 13.3. The van der Waals surface area contributed by atoms with Gasteiger partial charge in [-0.2, -0.15) is 0 Å². The first kappa shape index (κ1) is 12.8. The molecule has 0 aliphatic heterocycles. The number of hydrogen-bond acceptors (Lipinski definition) is 1. The lowest BCUT2D eigenvalue weighted by Crippen LogP contribution is -2.24. The van der Waals surface area contributed by atoms with Gasteiger partial charge in [-0.25, -0.2) is 0 Å². The predicted molar refractivity (Wildman–Crippen MR) is 96.8 cm³/mol. The lowest BCUT2D eigenvalue weighted by Gasteiger charge is -2.35. The van der Waals surface area contributed by atoms with Gasteiger partial charge in [0.25, 0.3) is 0 Å². The largest absolute Gasteiger partial charge is 0.256 e. The monoisotopic (exact) mass is 295 g/mol. The van der Waals surface area contributed by atoms with Crippen molar-refractivity contribution in [3.8, 4) is 11.3 Å². The highest BCUT2D eigenvalue weighted by molar-refractivity contribution is 6.05. The Morgan fingerprint density at radius 1 is 0.783 bits per heavy atom. The van der Waals surface area contributed by atoms with Gasteiger partial charge in [0.15, 0.2) is 0 Å². The van der Waals surface area contributed by atoms with Crippen LogP contribution in [0.25, 0.3) is 32.8 Å². The normalized spacial score (nSPS) is 14.9. The van der Waals surface area contributed by atoms with E-state index in [0.29, 0.717) is 0 Å². The molecule has 1 aliphatic carbocycles. The maximum Gasteiger partial charge on any atom is 0.0786 e. The molecule has 110 valence electrons. The van der Waals surface area contributed by atoms with Crippen LogP contribution >= 0.6 is 0 Å². The van der Waals surface area contributed by atoms with Crippen molar-refractivity contribution in [2.75, 3.05) is 0 Å². The van der Waals surface area contributed by atoms with E-state index >= 15 is 0 Å². The van der Waals surface area contributed by atoms with Gasteiger partial charge in [0.1, 0.15) is 0 Å². The van der Waals surface area contributed by atoms with E-state index in [0.717, 1.165) is 5.69 Å². The number of pyridine rings is 1. The van der Waals surface area contributed by atoms with Gasteiger partial charge >= 0.3 is 0 Å². The molecule has 0 saturated heterocycles. The third kappa shape index (κ3) is 1.54. The Morgan fingerprint density at radius 3 is 2.52 bits per heavy atom. The van der Waals surface area contributed by atoms with Crippen LogP contribution in [-0.2, 0) is 5.41 Å². The van der Waals surface area contributed by atoms with Crippen LogP contribution in [-0.4, -0.2) is 4.98 Å². The summed E-state index contributed by atoms with van der Waals surface area (Å²) in [7, 11) is 0. The number of benzene rings is 3. The number of rotatable bonds is 0. The van der Waals surface area contributed by atoms with Crippen LogP contribution in [0.5, 0.6) is 0 Å². The maximum absolute atomic E-state index is 4.75. The third-order valence-electron chi connectivity index (χ3n) is 5.27. The molecule has 1 nitrogen and oxygen atoms in total. The van der Waals surface area contributed by atoms with E-state index in [9.17, 15) is 0 Å². The first-order chi connectivity index (χ1) is 11.2. The molecule has 1 heteroatoms. The fraction of sp³-hybridized carbons (Fsp3) is 0.136. The minimum atomic E-state index is -0.0360. The van der Waals surface area contributed by atoms with E-state index in [4.69, 9.17) is 4.98 Å². The van der Waals surface area contributed by atoms with Crippen molar-refractivity contribution in [2.24, 2.45) is 0 Å². The summed E-state index contributed by atoms with van der Waals surface area (Å²) < 4.78 is 0. The van der Waals surface area contributed by atoms with Gasteiger partial charge < -0.3 is 0 Å². The van der Waals surface area contributed by atoms with Gasteiger partial charge in [0.2, 0.25) is 0 Å². The summed E-state index contributed by atoms with van der Waals surface area (Å²) in [6, 6.07) is 21.9. The van der Waals surface area contributed by atoms with Gasteiger partial charge in [-0.3, -0.25) is 4.98 Å². The highest BCUT2D eigenvalue weighted by Crippen LogP contribution is 2.49. The van der Waals surface area contributed by atoms with E-state index in [1.807, 2.05) is 6.20 Å². The van der Waals surface area contributed by atoms with Crippen LogP contribution in [0.15, 0.2) is 66.9 Å². The first-order valence-electron chi connectivity index (χ1n) is 8.09. The molecular weight excluding hydrogens is 278 g/mol. The van der Waals surface area contributed by atoms with E-state index in [1.165, 1.54) is 38.2 Å². The Morgan fingerprint density at radius 2 is 1.61 bits per heavy atom. The summed E-state index contributed by atoms with van der Waals surface area (Å²) in [6.07, 6.45) is 1.93. The topological polar surface area (TPSA) is 12.9 Å². The highest BCUT2D eigenvalue weighted by atomic mass is 14.7.